The number of nitrogens with one attached hydrogen (secondary N) is 1. The van der Waals surface area contributed by atoms with Crippen LogP contribution in [0.2, 0.25) is 0 Å². The van der Waals surface area contributed by atoms with Gasteiger partial charge in [-0.05, 0) is 60.2 Å². The molecule has 174 valence electrons. The summed E-state index contributed by atoms with van der Waals surface area (Å²) in [5.74, 6) is -0.0432. The van der Waals surface area contributed by atoms with E-state index in [0.29, 0.717) is 24.7 Å². The van der Waals surface area contributed by atoms with Gasteiger partial charge in [-0.1, -0.05) is 31.2 Å². The summed E-state index contributed by atoms with van der Waals surface area (Å²) >= 11 is 0. The van der Waals surface area contributed by atoms with Crippen LogP contribution >= 0.6 is 0 Å². The molecule has 0 radical (unpaired) electrons. The summed E-state index contributed by atoms with van der Waals surface area (Å²) in [6.07, 6.45) is 5.58. The molecule has 1 N–H and O–H groups in total. The maximum atomic E-state index is 12.9. The van der Waals surface area contributed by atoms with Crippen molar-refractivity contribution in [3.63, 3.8) is 0 Å². The number of anilines is 1. The predicted octanol–water partition coefficient (Wildman–Crippen LogP) is 4.01. The molecule has 2 aromatic rings. The number of carbonyl (C=O) groups is 2. The van der Waals surface area contributed by atoms with E-state index in [1.165, 1.54) is 19.1 Å². The highest BCUT2D eigenvalue weighted by Gasteiger charge is 2.30. The van der Waals surface area contributed by atoms with Crippen LogP contribution < -0.4 is 5.32 Å². The zero-order chi connectivity index (χ0) is 23.6. The van der Waals surface area contributed by atoms with E-state index in [9.17, 15) is 18.0 Å². The second kappa shape index (κ2) is 9.49. The third-order valence-electron chi connectivity index (χ3n) is 6.24. The molecule has 0 aliphatic carbocycles. The topological polar surface area (TPSA) is 86.8 Å². The van der Waals surface area contributed by atoms with Crippen LogP contribution in [0, 0.1) is 5.92 Å². The number of carbonyl (C=O) groups excluding carboxylic acids is 2. The van der Waals surface area contributed by atoms with Crippen LogP contribution in [0.3, 0.4) is 0 Å². The molecule has 7 nitrogen and oxygen atoms in total. The van der Waals surface area contributed by atoms with Gasteiger partial charge in [0.2, 0.25) is 21.8 Å². The van der Waals surface area contributed by atoms with E-state index in [0.717, 1.165) is 24.0 Å². The first-order valence-electron chi connectivity index (χ1n) is 11.2. The number of amides is 2. The van der Waals surface area contributed by atoms with E-state index in [-0.39, 0.29) is 23.1 Å². The number of rotatable bonds is 5. The van der Waals surface area contributed by atoms with Gasteiger partial charge in [-0.3, -0.25) is 9.59 Å². The summed E-state index contributed by atoms with van der Waals surface area (Å²) < 4.78 is 27.4. The van der Waals surface area contributed by atoms with Crippen molar-refractivity contribution in [2.75, 3.05) is 18.4 Å². The minimum atomic E-state index is -3.54. The van der Waals surface area contributed by atoms with Crippen LogP contribution in [-0.4, -0.2) is 42.5 Å². The number of sulfonamides is 1. The standard InChI is InChI=1S/C25H29N3O4S/c1-18-6-5-14-27(17-18)33(31,32)22-11-9-21(10-12-22)26-25(30)16-24-23-8-4-3-7-20(23)13-15-28(24)19(2)29/h3-4,7-13,15,18,24H,5-6,14,16-17H2,1-2H3,(H,26,30). The Morgan fingerprint density at radius 1 is 1.09 bits per heavy atom. The number of fused-ring (bicyclic) bond motifs is 1. The van der Waals surface area contributed by atoms with E-state index in [1.54, 1.807) is 27.5 Å². The first-order valence-corrected chi connectivity index (χ1v) is 12.7. The first kappa shape index (κ1) is 23.2. The van der Waals surface area contributed by atoms with Gasteiger partial charge in [-0.25, -0.2) is 8.42 Å². The molecule has 0 aromatic heterocycles. The zero-order valence-electron chi connectivity index (χ0n) is 18.9. The molecule has 0 bridgehead atoms. The lowest BCUT2D eigenvalue weighted by molar-refractivity contribution is -0.129. The molecule has 2 unspecified atom stereocenters. The minimum Gasteiger partial charge on any atom is -0.326 e. The fourth-order valence-corrected chi connectivity index (χ4v) is 6.12. The van der Waals surface area contributed by atoms with E-state index in [2.05, 4.69) is 12.2 Å². The molecule has 2 amide bonds. The predicted molar refractivity (Wildman–Crippen MR) is 128 cm³/mol. The van der Waals surface area contributed by atoms with Crippen molar-refractivity contribution in [1.29, 1.82) is 0 Å². The highest BCUT2D eigenvalue weighted by atomic mass is 32.2. The monoisotopic (exact) mass is 467 g/mol. The van der Waals surface area contributed by atoms with E-state index in [4.69, 9.17) is 0 Å². The van der Waals surface area contributed by atoms with Gasteiger partial charge in [0.15, 0.2) is 0 Å². The Bertz CT molecular complexity index is 1170. The van der Waals surface area contributed by atoms with Gasteiger partial charge in [-0.2, -0.15) is 4.31 Å². The SMILES string of the molecule is CC(=O)N1C=Cc2ccccc2C1CC(=O)Nc1ccc(S(=O)(=O)N2CCCC(C)C2)cc1. The number of hydrogen-bond donors (Lipinski definition) is 1. The molecule has 33 heavy (non-hydrogen) atoms. The van der Waals surface area contributed by atoms with E-state index >= 15 is 0 Å². The number of benzene rings is 2. The van der Waals surface area contributed by atoms with Crippen LogP contribution in [-0.2, 0) is 19.6 Å². The molecule has 2 aromatic carbocycles. The summed E-state index contributed by atoms with van der Waals surface area (Å²) in [5.41, 5.74) is 2.41. The van der Waals surface area contributed by atoms with Crippen LogP contribution in [0.5, 0.6) is 0 Å². The van der Waals surface area contributed by atoms with Gasteiger partial charge in [0, 0.05) is 31.9 Å². The van der Waals surface area contributed by atoms with Gasteiger partial charge in [0.1, 0.15) is 0 Å². The number of piperidine rings is 1. The Morgan fingerprint density at radius 3 is 2.52 bits per heavy atom. The van der Waals surface area contributed by atoms with Gasteiger partial charge in [0.25, 0.3) is 0 Å². The summed E-state index contributed by atoms with van der Waals surface area (Å²) in [4.78, 5) is 26.7. The molecular formula is C25H29N3O4S. The Balaban J connectivity index is 1.46. The molecule has 2 atom stereocenters. The second-order valence-corrected chi connectivity index (χ2v) is 10.7. The summed E-state index contributed by atoms with van der Waals surface area (Å²) in [5, 5.41) is 2.84. The lowest BCUT2D eigenvalue weighted by Crippen LogP contribution is -2.39. The number of nitrogens with zero attached hydrogens (tertiary/aromatic N) is 2. The van der Waals surface area contributed by atoms with Crippen molar-refractivity contribution in [3.05, 3.63) is 65.9 Å². The van der Waals surface area contributed by atoms with Gasteiger partial charge in [0.05, 0.1) is 17.4 Å². The largest absolute Gasteiger partial charge is 0.326 e. The fourth-order valence-electron chi connectivity index (χ4n) is 4.52. The summed E-state index contributed by atoms with van der Waals surface area (Å²) in [6.45, 7) is 4.61. The molecule has 0 saturated carbocycles. The maximum Gasteiger partial charge on any atom is 0.243 e. The third kappa shape index (κ3) is 5.02. The van der Waals surface area contributed by atoms with Crippen LogP contribution in [0.1, 0.15) is 50.3 Å². The van der Waals surface area contributed by atoms with Crippen LogP contribution in [0.15, 0.2) is 59.6 Å². The highest BCUT2D eigenvalue weighted by Crippen LogP contribution is 2.33. The molecule has 2 heterocycles. The molecule has 0 spiro atoms. The smallest absolute Gasteiger partial charge is 0.243 e. The molecular weight excluding hydrogens is 438 g/mol. The molecule has 2 aliphatic heterocycles. The third-order valence-corrected chi connectivity index (χ3v) is 8.12. The van der Waals surface area contributed by atoms with E-state index in [1.807, 2.05) is 30.3 Å². The Hall–Kier alpha value is -2.97. The Labute approximate surface area is 195 Å². The van der Waals surface area contributed by atoms with Crippen molar-refractivity contribution < 1.29 is 18.0 Å². The highest BCUT2D eigenvalue weighted by molar-refractivity contribution is 7.89. The normalized spacial score (nSPS) is 20.8. The molecule has 8 heteroatoms. The van der Waals surface area contributed by atoms with Crippen molar-refractivity contribution in [3.8, 4) is 0 Å². The number of hydrogen-bond acceptors (Lipinski definition) is 4. The van der Waals surface area contributed by atoms with Crippen molar-refractivity contribution in [2.24, 2.45) is 5.92 Å². The van der Waals surface area contributed by atoms with Gasteiger partial charge in [-0.15, -0.1) is 0 Å². The van der Waals surface area contributed by atoms with Crippen molar-refractivity contribution in [1.82, 2.24) is 9.21 Å². The average molecular weight is 468 g/mol. The van der Waals surface area contributed by atoms with E-state index < -0.39 is 16.1 Å². The molecule has 1 fully saturated rings. The zero-order valence-corrected chi connectivity index (χ0v) is 19.7. The molecule has 1 saturated heterocycles. The first-order chi connectivity index (χ1) is 15.8. The van der Waals surface area contributed by atoms with Gasteiger partial charge < -0.3 is 10.2 Å². The Kier molecular flexibility index (Phi) is 6.67. The lowest BCUT2D eigenvalue weighted by atomic mass is 9.93. The maximum absolute atomic E-state index is 12.9. The Morgan fingerprint density at radius 2 is 1.82 bits per heavy atom. The molecule has 4 rings (SSSR count). The lowest BCUT2D eigenvalue weighted by Gasteiger charge is -2.32. The fraction of sp³-hybridized carbons (Fsp3) is 0.360. The van der Waals surface area contributed by atoms with Crippen LogP contribution in [0.25, 0.3) is 6.08 Å². The summed E-state index contributed by atoms with van der Waals surface area (Å²) in [6, 6.07) is 13.6. The minimum absolute atomic E-state index is 0.0899. The second-order valence-electron chi connectivity index (χ2n) is 8.77. The average Bonchev–Trinajstić information content (AvgIpc) is 2.79. The van der Waals surface area contributed by atoms with Gasteiger partial charge >= 0.3 is 0 Å². The van der Waals surface area contributed by atoms with Crippen molar-refractivity contribution in [2.45, 2.75) is 44.0 Å². The summed E-state index contributed by atoms with van der Waals surface area (Å²) in [7, 11) is -3.54. The quantitative estimate of drug-likeness (QED) is 0.720. The van der Waals surface area contributed by atoms with Crippen molar-refractivity contribution >= 4 is 33.6 Å². The molecule has 2 aliphatic rings. The van der Waals surface area contributed by atoms with Crippen LogP contribution in [0.4, 0.5) is 5.69 Å².